The van der Waals surface area contributed by atoms with Gasteiger partial charge in [-0.2, -0.15) is 0 Å². The van der Waals surface area contributed by atoms with Crippen molar-refractivity contribution < 1.29 is 52.2 Å². The summed E-state index contributed by atoms with van der Waals surface area (Å²) in [6, 6.07) is 0. The Morgan fingerprint density at radius 1 is 0.362 bits per heavy atom. The third kappa shape index (κ3) is 58.5. The topological polar surface area (TPSA) is 155 Å². The molecule has 0 aromatic heterocycles. The van der Waals surface area contributed by atoms with Crippen molar-refractivity contribution in [2.45, 2.75) is 264 Å². The molecule has 0 rings (SSSR count). The summed E-state index contributed by atoms with van der Waals surface area (Å²) >= 11 is 0. The maximum atomic E-state index is 12.9. The van der Waals surface area contributed by atoms with Crippen LogP contribution in [0.5, 0.6) is 0 Å². The molecule has 0 aliphatic carbocycles. The van der Waals surface area contributed by atoms with E-state index >= 15 is 0 Å². The first-order valence-electron chi connectivity index (χ1n) is 31.4. The first-order valence-corrected chi connectivity index (χ1v) is 32.9. The highest BCUT2D eigenvalue weighted by Crippen LogP contribution is 2.43. The van der Waals surface area contributed by atoms with Crippen molar-refractivity contribution in [2.24, 2.45) is 0 Å². The van der Waals surface area contributed by atoms with Gasteiger partial charge in [-0.1, -0.05) is 232 Å². The van der Waals surface area contributed by atoms with Gasteiger partial charge in [0.25, 0.3) is 0 Å². The van der Waals surface area contributed by atoms with Crippen molar-refractivity contribution >= 4 is 25.7 Å². The number of phosphoric acid groups is 1. The summed E-state index contributed by atoms with van der Waals surface area (Å²) in [7, 11) is -4.78. The van der Waals surface area contributed by atoms with Gasteiger partial charge in [-0.25, -0.2) is 4.57 Å². The van der Waals surface area contributed by atoms with Gasteiger partial charge in [0.05, 0.1) is 19.8 Å². The van der Waals surface area contributed by atoms with E-state index in [2.05, 4.69) is 130 Å². The molecule has 11 nitrogen and oxygen atoms in total. The zero-order valence-corrected chi connectivity index (χ0v) is 51.4. The van der Waals surface area contributed by atoms with Crippen molar-refractivity contribution in [3.63, 3.8) is 0 Å². The normalized spacial score (nSPS) is 14.1. The van der Waals surface area contributed by atoms with Crippen LogP contribution in [0.15, 0.2) is 122 Å². The minimum atomic E-state index is -4.78. The van der Waals surface area contributed by atoms with Crippen LogP contribution in [0.4, 0.5) is 0 Å². The monoisotopic (exact) mass is 1140 g/mol. The summed E-state index contributed by atoms with van der Waals surface area (Å²) in [6.07, 6.45) is 75.8. The molecule has 0 amide bonds. The van der Waals surface area contributed by atoms with E-state index in [1.165, 1.54) is 64.2 Å². The van der Waals surface area contributed by atoms with Gasteiger partial charge in [-0.15, -0.1) is 0 Å². The minimum Gasteiger partial charge on any atom is -0.462 e. The highest BCUT2D eigenvalue weighted by Gasteiger charge is 2.28. The zero-order valence-electron chi connectivity index (χ0n) is 50.5. The van der Waals surface area contributed by atoms with Crippen LogP contribution in [-0.4, -0.2) is 66.5 Å². The van der Waals surface area contributed by atoms with Gasteiger partial charge in [0.15, 0.2) is 6.10 Å². The van der Waals surface area contributed by atoms with Gasteiger partial charge >= 0.3 is 25.7 Å². The van der Waals surface area contributed by atoms with E-state index in [1.54, 1.807) is 0 Å². The minimum absolute atomic E-state index is 0.0799. The van der Waals surface area contributed by atoms with Gasteiger partial charge in [-0.05, 0) is 122 Å². The number of rotatable bonds is 57. The smallest absolute Gasteiger partial charge is 0.462 e. The fourth-order valence-corrected chi connectivity index (χ4v) is 8.93. The molecule has 0 saturated heterocycles. The Labute approximate surface area is 487 Å². The number of hydrogen-bond acceptors (Lipinski definition) is 10. The molecule has 2 N–H and O–H groups in total. The fraction of sp³-hybridized carbons (Fsp3) is 0.662. The lowest BCUT2D eigenvalue weighted by Crippen LogP contribution is -2.30. The Morgan fingerprint density at radius 3 is 1.06 bits per heavy atom. The van der Waals surface area contributed by atoms with E-state index in [1.807, 2.05) is 12.2 Å². The number of phosphoric ester groups is 1. The van der Waals surface area contributed by atoms with Crippen molar-refractivity contribution in [1.82, 2.24) is 0 Å². The van der Waals surface area contributed by atoms with Crippen LogP contribution in [0, 0.1) is 0 Å². The predicted molar refractivity (Wildman–Crippen MR) is 334 cm³/mol. The van der Waals surface area contributed by atoms with Crippen molar-refractivity contribution in [1.29, 1.82) is 0 Å². The number of carbonyl (C=O) groups is 3. The molecule has 0 spiro atoms. The van der Waals surface area contributed by atoms with Crippen molar-refractivity contribution in [2.75, 3.05) is 26.4 Å². The van der Waals surface area contributed by atoms with Crippen LogP contribution >= 0.6 is 7.82 Å². The number of aliphatic hydroxyl groups is 1. The predicted octanol–water partition coefficient (Wildman–Crippen LogP) is 19.1. The van der Waals surface area contributed by atoms with E-state index in [9.17, 15) is 28.9 Å². The standard InChI is InChI=1S/C68H113O11P/c1-4-7-10-13-16-19-22-25-28-31-32-35-36-39-42-45-48-51-54-57-66(70)75-61-65(79-68(72)59-56-53-50-47-44-41-38-34-30-27-24-21-18-15-12-9-6-3)63-77-80(73,74)76-62-64(60-69)78-67(71)58-55-52-49-46-43-40-37-33-29-26-23-20-17-14-11-8-5-2/h7,9-10,12,16,18-19,21,25-30,32,35,38,41,47,50,64-65,69H,4-6,8,11,13-15,17,20,22-24,31,33-34,36-37,39-40,42-46,48-49,51-63H2,1-3H3,(H,73,74)/b10-7-,12-9-,19-16-,21-18-,28-25-,29-26-,30-27-,35-32-,41-38-,50-47-. The molecule has 0 aliphatic heterocycles. The van der Waals surface area contributed by atoms with Crippen LogP contribution in [0.3, 0.4) is 0 Å². The summed E-state index contributed by atoms with van der Waals surface area (Å²) in [6.45, 7) is 4.34. The summed E-state index contributed by atoms with van der Waals surface area (Å²) in [4.78, 5) is 48.7. The Morgan fingerprint density at radius 2 is 0.662 bits per heavy atom. The maximum absolute atomic E-state index is 12.9. The molecule has 456 valence electrons. The Bertz CT molecular complexity index is 1800. The van der Waals surface area contributed by atoms with E-state index < -0.39 is 57.8 Å². The van der Waals surface area contributed by atoms with E-state index in [0.29, 0.717) is 25.7 Å². The zero-order chi connectivity index (χ0) is 58.3. The first kappa shape index (κ1) is 75.9. The maximum Gasteiger partial charge on any atom is 0.472 e. The number of hydrogen-bond donors (Lipinski definition) is 2. The average molecular weight is 1140 g/mol. The van der Waals surface area contributed by atoms with E-state index in [0.717, 1.165) is 122 Å². The largest absolute Gasteiger partial charge is 0.472 e. The number of unbranched alkanes of at least 4 members (excludes halogenated alkanes) is 20. The number of allylic oxidation sites excluding steroid dienone is 20. The molecule has 0 aliphatic rings. The second-order valence-corrected chi connectivity index (χ2v) is 21.9. The van der Waals surface area contributed by atoms with Gasteiger partial charge in [0, 0.05) is 19.3 Å². The highest BCUT2D eigenvalue weighted by molar-refractivity contribution is 7.47. The molecule has 3 unspecified atom stereocenters. The molecule has 12 heteroatoms. The molecule has 0 fully saturated rings. The molecular weight excluding hydrogens is 1020 g/mol. The number of esters is 3. The van der Waals surface area contributed by atoms with E-state index in [4.69, 9.17) is 23.3 Å². The molecule has 3 atom stereocenters. The Hall–Kier alpha value is -4.12. The second kappa shape index (κ2) is 61.0. The molecular formula is C68H113O11P. The first-order chi connectivity index (χ1) is 39.2. The molecule has 0 saturated carbocycles. The molecule has 0 bridgehead atoms. The average Bonchev–Trinajstić information content (AvgIpc) is 3.45. The SMILES string of the molecule is CC/C=C\C/C=C\C/C=C\C/C=C\C/C=C\CCCC(=O)OC(COC(=O)CCCCCCCC/C=C\C/C=C\C/C=C\C/C=C\CC)COP(=O)(O)OCC(CO)OC(=O)CCCCCCCCC/C=C\CCCCCCCC. The lowest BCUT2D eigenvalue weighted by Gasteiger charge is -2.21. The van der Waals surface area contributed by atoms with Gasteiger partial charge < -0.3 is 24.2 Å². The molecule has 0 aromatic carbocycles. The van der Waals surface area contributed by atoms with Crippen LogP contribution < -0.4 is 0 Å². The summed E-state index contributed by atoms with van der Waals surface area (Å²) < 4.78 is 39.6. The highest BCUT2D eigenvalue weighted by atomic mass is 31.2. The third-order valence-corrected chi connectivity index (χ3v) is 13.8. The lowest BCUT2D eigenvalue weighted by molar-refractivity contribution is -0.161. The third-order valence-electron chi connectivity index (χ3n) is 12.8. The second-order valence-electron chi connectivity index (χ2n) is 20.5. The number of carbonyl (C=O) groups excluding carboxylic acids is 3. The molecule has 80 heavy (non-hydrogen) atoms. The van der Waals surface area contributed by atoms with Gasteiger partial charge in [0.2, 0.25) is 0 Å². The van der Waals surface area contributed by atoms with Crippen LogP contribution in [0.2, 0.25) is 0 Å². The fourth-order valence-electron chi connectivity index (χ4n) is 8.14. The molecule has 0 radical (unpaired) electrons. The molecule has 0 heterocycles. The van der Waals surface area contributed by atoms with Crippen LogP contribution in [-0.2, 0) is 42.2 Å². The quantitative estimate of drug-likeness (QED) is 0.0197. The Kier molecular flexibility index (Phi) is 57.8. The van der Waals surface area contributed by atoms with Crippen molar-refractivity contribution in [3.8, 4) is 0 Å². The van der Waals surface area contributed by atoms with E-state index in [-0.39, 0.29) is 25.9 Å². The summed E-state index contributed by atoms with van der Waals surface area (Å²) in [5, 5.41) is 9.85. The van der Waals surface area contributed by atoms with Gasteiger partial charge in [-0.3, -0.25) is 23.4 Å². The van der Waals surface area contributed by atoms with Crippen molar-refractivity contribution in [3.05, 3.63) is 122 Å². The Balaban J connectivity index is 4.81. The van der Waals surface area contributed by atoms with Crippen LogP contribution in [0.25, 0.3) is 0 Å². The molecule has 0 aromatic rings. The lowest BCUT2D eigenvalue weighted by atomic mass is 10.1. The number of aliphatic hydroxyl groups excluding tert-OH is 1. The van der Waals surface area contributed by atoms with Gasteiger partial charge in [0.1, 0.15) is 12.7 Å². The summed E-state index contributed by atoms with van der Waals surface area (Å²) in [5.41, 5.74) is 0. The summed E-state index contributed by atoms with van der Waals surface area (Å²) in [5.74, 6) is -1.56. The van der Waals surface area contributed by atoms with Crippen LogP contribution in [0.1, 0.15) is 252 Å². The number of ether oxygens (including phenoxy) is 3.